The Bertz CT molecular complexity index is 1030. The van der Waals surface area contributed by atoms with Crippen LogP contribution in [0.4, 0.5) is 0 Å². The highest BCUT2D eigenvalue weighted by Crippen LogP contribution is 2.39. The topological polar surface area (TPSA) is 100 Å². The second kappa shape index (κ2) is 5.47. The summed E-state index contributed by atoms with van der Waals surface area (Å²) >= 11 is 0. The van der Waals surface area contributed by atoms with E-state index in [1.807, 2.05) is 0 Å². The number of benzene rings is 2. The molecule has 130 valence electrons. The molecule has 1 aliphatic rings. The van der Waals surface area contributed by atoms with Crippen molar-refractivity contribution in [2.24, 2.45) is 0 Å². The molecule has 0 aliphatic carbocycles. The summed E-state index contributed by atoms with van der Waals surface area (Å²) in [6.45, 7) is 1.33. The summed E-state index contributed by atoms with van der Waals surface area (Å²) in [4.78, 5) is 13.0. The number of aliphatic hydroxyl groups is 2. The second-order valence-electron chi connectivity index (χ2n) is 6.42. The van der Waals surface area contributed by atoms with Gasteiger partial charge in [-0.3, -0.25) is 4.79 Å². The lowest BCUT2D eigenvalue weighted by molar-refractivity contribution is -0.0888. The molecule has 1 aliphatic heterocycles. The van der Waals surface area contributed by atoms with Gasteiger partial charge in [0.25, 0.3) is 0 Å². The number of rotatable bonds is 3. The molecule has 6 nitrogen and oxygen atoms in total. The number of ether oxygens (including phenoxy) is 1. The van der Waals surface area contributed by atoms with E-state index < -0.39 is 18.3 Å². The summed E-state index contributed by atoms with van der Waals surface area (Å²) in [6.07, 6.45) is -0.0533. The minimum absolute atomic E-state index is 0.125. The zero-order chi connectivity index (χ0) is 17.8. The fraction of sp³-hybridized carbons (Fsp3) is 0.316. The summed E-state index contributed by atoms with van der Waals surface area (Å²) in [7, 11) is 0. The van der Waals surface area contributed by atoms with Crippen molar-refractivity contribution < 1.29 is 24.5 Å². The number of fused-ring (bicyclic) bond motifs is 4. The smallest absolute Gasteiger partial charge is 0.204 e. The van der Waals surface area contributed by atoms with Crippen LogP contribution < -0.4 is 10.2 Å². The Morgan fingerprint density at radius 1 is 1.20 bits per heavy atom. The molecule has 0 radical (unpaired) electrons. The van der Waals surface area contributed by atoms with Gasteiger partial charge in [0.2, 0.25) is 5.43 Å². The third-order valence-corrected chi connectivity index (χ3v) is 5.05. The number of aliphatic hydroxyl groups excluding tert-OH is 1. The highest BCUT2D eigenvalue weighted by atomic mass is 16.5. The van der Waals surface area contributed by atoms with Gasteiger partial charge >= 0.3 is 0 Å². The van der Waals surface area contributed by atoms with Crippen LogP contribution in [0.1, 0.15) is 18.9 Å². The van der Waals surface area contributed by atoms with Crippen LogP contribution in [0.5, 0.6) is 11.5 Å². The molecule has 2 aromatic carbocycles. The van der Waals surface area contributed by atoms with Crippen molar-refractivity contribution in [1.29, 1.82) is 0 Å². The van der Waals surface area contributed by atoms with Crippen molar-refractivity contribution in [2.75, 3.05) is 6.61 Å². The van der Waals surface area contributed by atoms with E-state index in [4.69, 9.17) is 9.15 Å². The number of aromatic hydroxyl groups is 1. The monoisotopic (exact) mass is 342 g/mol. The first-order valence-corrected chi connectivity index (χ1v) is 8.19. The third-order valence-electron chi connectivity index (χ3n) is 5.05. The predicted octanol–water partition coefficient (Wildman–Crippen LogP) is 2.09. The van der Waals surface area contributed by atoms with E-state index >= 15 is 0 Å². The Morgan fingerprint density at radius 3 is 2.68 bits per heavy atom. The van der Waals surface area contributed by atoms with Gasteiger partial charge in [0.05, 0.1) is 12.0 Å². The van der Waals surface area contributed by atoms with Gasteiger partial charge in [0.15, 0.2) is 0 Å². The summed E-state index contributed by atoms with van der Waals surface area (Å²) in [6, 6.07) is 8.02. The van der Waals surface area contributed by atoms with Crippen LogP contribution in [0.2, 0.25) is 0 Å². The number of phenols is 1. The van der Waals surface area contributed by atoms with E-state index in [1.165, 1.54) is 6.07 Å². The van der Waals surface area contributed by atoms with Crippen molar-refractivity contribution in [2.45, 2.75) is 31.5 Å². The standard InChI is InChI=1S/C19H18O6/c1-2-19(23,9-20)15-8-10-12(25-15)6-7-14-16(10)18(22)17-11(21)4-3-5-13(17)24-14/h3-7,15,20-21,23H,2,8-9H2,1H3. The lowest BCUT2D eigenvalue weighted by Gasteiger charge is -2.30. The maximum absolute atomic E-state index is 13.0. The van der Waals surface area contributed by atoms with Crippen molar-refractivity contribution in [3.63, 3.8) is 0 Å². The number of hydrogen-bond donors (Lipinski definition) is 3. The molecule has 0 saturated carbocycles. The van der Waals surface area contributed by atoms with Crippen molar-refractivity contribution in [3.8, 4) is 11.5 Å². The van der Waals surface area contributed by atoms with Crippen molar-refractivity contribution in [1.82, 2.24) is 0 Å². The average Bonchev–Trinajstić information content (AvgIpc) is 3.05. The van der Waals surface area contributed by atoms with Crippen LogP contribution in [-0.4, -0.2) is 33.6 Å². The molecule has 0 bridgehead atoms. The minimum atomic E-state index is -1.38. The molecule has 4 rings (SSSR count). The van der Waals surface area contributed by atoms with Crippen LogP contribution >= 0.6 is 0 Å². The largest absolute Gasteiger partial charge is 0.507 e. The van der Waals surface area contributed by atoms with Crippen molar-refractivity contribution in [3.05, 3.63) is 46.1 Å². The average molecular weight is 342 g/mol. The van der Waals surface area contributed by atoms with Gasteiger partial charge < -0.3 is 24.5 Å². The quantitative estimate of drug-likeness (QED) is 0.630. The molecule has 0 amide bonds. The minimum Gasteiger partial charge on any atom is -0.507 e. The molecular formula is C19H18O6. The SMILES string of the molecule is CCC(O)(CO)C1Cc2c(ccc3oc4cccc(O)c4c(=O)c23)O1. The van der Waals surface area contributed by atoms with E-state index in [-0.39, 0.29) is 23.0 Å². The first-order valence-electron chi connectivity index (χ1n) is 8.19. The molecule has 2 atom stereocenters. The van der Waals surface area contributed by atoms with Crippen LogP contribution in [0.25, 0.3) is 21.9 Å². The zero-order valence-electron chi connectivity index (χ0n) is 13.7. The Morgan fingerprint density at radius 2 is 1.96 bits per heavy atom. The Kier molecular flexibility index (Phi) is 3.49. The van der Waals surface area contributed by atoms with Crippen LogP contribution in [0.3, 0.4) is 0 Å². The normalized spacial score (nSPS) is 18.9. The van der Waals surface area contributed by atoms with E-state index in [0.29, 0.717) is 34.3 Å². The van der Waals surface area contributed by atoms with Gasteiger partial charge in [0.1, 0.15) is 39.8 Å². The first-order chi connectivity index (χ1) is 12.0. The molecule has 2 heterocycles. The fourth-order valence-electron chi connectivity index (χ4n) is 3.45. The van der Waals surface area contributed by atoms with E-state index in [2.05, 4.69) is 0 Å². The predicted molar refractivity (Wildman–Crippen MR) is 92.1 cm³/mol. The van der Waals surface area contributed by atoms with Gasteiger partial charge in [-0.2, -0.15) is 0 Å². The van der Waals surface area contributed by atoms with E-state index in [9.17, 15) is 20.1 Å². The lowest BCUT2D eigenvalue weighted by Crippen LogP contribution is -2.47. The highest BCUT2D eigenvalue weighted by molar-refractivity contribution is 5.95. The van der Waals surface area contributed by atoms with Crippen LogP contribution in [0, 0.1) is 0 Å². The fourth-order valence-corrected chi connectivity index (χ4v) is 3.45. The van der Waals surface area contributed by atoms with Gasteiger partial charge in [-0.15, -0.1) is 0 Å². The van der Waals surface area contributed by atoms with E-state index in [0.717, 1.165) is 0 Å². The van der Waals surface area contributed by atoms with Gasteiger partial charge in [-0.25, -0.2) is 0 Å². The molecule has 0 saturated heterocycles. The van der Waals surface area contributed by atoms with Gasteiger partial charge in [-0.1, -0.05) is 13.0 Å². The van der Waals surface area contributed by atoms with Crippen molar-refractivity contribution >= 4 is 21.9 Å². The second-order valence-corrected chi connectivity index (χ2v) is 6.42. The van der Waals surface area contributed by atoms with Crippen LogP contribution in [0.15, 0.2) is 39.5 Å². The molecule has 1 aromatic heterocycles. The zero-order valence-corrected chi connectivity index (χ0v) is 13.7. The third kappa shape index (κ3) is 2.22. The van der Waals surface area contributed by atoms with Gasteiger partial charge in [-0.05, 0) is 30.7 Å². The van der Waals surface area contributed by atoms with Crippen LogP contribution in [-0.2, 0) is 6.42 Å². The Labute approximate surface area is 142 Å². The Balaban J connectivity index is 1.96. The Hall–Kier alpha value is -2.57. The molecule has 2 unspecified atom stereocenters. The number of hydrogen-bond acceptors (Lipinski definition) is 6. The summed E-state index contributed by atoms with van der Waals surface area (Å²) in [5.74, 6) is 0.349. The van der Waals surface area contributed by atoms with Gasteiger partial charge in [0, 0.05) is 12.0 Å². The molecule has 0 fully saturated rings. The van der Waals surface area contributed by atoms with E-state index in [1.54, 1.807) is 31.2 Å². The maximum atomic E-state index is 13.0. The molecule has 6 heteroatoms. The first kappa shape index (κ1) is 15.9. The number of phenolic OH excluding ortho intramolecular Hbond substituents is 1. The lowest BCUT2D eigenvalue weighted by atomic mass is 9.90. The molecule has 3 N–H and O–H groups in total. The maximum Gasteiger partial charge on any atom is 0.204 e. The molecule has 25 heavy (non-hydrogen) atoms. The molecule has 0 spiro atoms. The summed E-state index contributed by atoms with van der Waals surface area (Å²) in [5, 5.41) is 30.6. The summed E-state index contributed by atoms with van der Waals surface area (Å²) in [5.41, 5.74) is -0.380. The summed E-state index contributed by atoms with van der Waals surface area (Å²) < 4.78 is 11.6. The molecule has 3 aromatic rings. The molecular weight excluding hydrogens is 324 g/mol. The highest BCUT2D eigenvalue weighted by Gasteiger charge is 2.41.